The van der Waals surface area contributed by atoms with E-state index in [1.54, 1.807) is 6.07 Å². The van der Waals surface area contributed by atoms with Crippen LogP contribution in [0.15, 0.2) is 18.2 Å². The Kier molecular flexibility index (Phi) is 7.16. The minimum absolute atomic E-state index is 0.131. The lowest BCUT2D eigenvalue weighted by atomic mass is 10.0. The topological polar surface area (TPSA) is 104 Å². The van der Waals surface area contributed by atoms with Gasteiger partial charge in [-0.05, 0) is 43.4 Å². The smallest absolute Gasteiger partial charge is 0.261 e. The second kappa shape index (κ2) is 9.48. The Labute approximate surface area is 184 Å². The third kappa shape index (κ3) is 5.15. The summed E-state index contributed by atoms with van der Waals surface area (Å²) >= 11 is 0. The quantitative estimate of drug-likeness (QED) is 0.613. The first-order valence-electron chi connectivity index (χ1n) is 10.9. The SMILES string of the molecule is CCCCS(=O)(=O)N1CCC(NC(=O)c2ccc3c(c2)C(=O)N(CC(C)C)C3=O)CC1. The van der Waals surface area contributed by atoms with Gasteiger partial charge in [0.1, 0.15) is 0 Å². The molecule has 1 saturated heterocycles. The number of fused-ring (bicyclic) bond motifs is 1. The normalized spacial score (nSPS) is 18.0. The zero-order valence-electron chi connectivity index (χ0n) is 18.4. The molecule has 1 N–H and O–H groups in total. The van der Waals surface area contributed by atoms with Crippen LogP contribution in [0.5, 0.6) is 0 Å². The van der Waals surface area contributed by atoms with E-state index in [-0.39, 0.29) is 41.0 Å². The molecule has 3 amide bonds. The van der Waals surface area contributed by atoms with Crippen LogP contribution in [0.25, 0.3) is 0 Å². The van der Waals surface area contributed by atoms with Crippen LogP contribution in [0.2, 0.25) is 0 Å². The van der Waals surface area contributed by atoms with Gasteiger partial charge in [0.15, 0.2) is 0 Å². The number of piperidine rings is 1. The summed E-state index contributed by atoms with van der Waals surface area (Å²) in [6, 6.07) is 4.44. The Morgan fingerprint density at radius 3 is 2.39 bits per heavy atom. The summed E-state index contributed by atoms with van der Waals surface area (Å²) in [6.45, 7) is 6.94. The van der Waals surface area contributed by atoms with E-state index < -0.39 is 10.0 Å². The van der Waals surface area contributed by atoms with Gasteiger partial charge in [-0.15, -0.1) is 0 Å². The van der Waals surface area contributed by atoms with Crippen molar-refractivity contribution in [2.45, 2.75) is 52.5 Å². The zero-order valence-corrected chi connectivity index (χ0v) is 19.2. The molecule has 9 heteroatoms. The lowest BCUT2D eigenvalue weighted by Gasteiger charge is -2.31. The molecule has 0 aliphatic carbocycles. The lowest BCUT2D eigenvalue weighted by Crippen LogP contribution is -2.47. The van der Waals surface area contributed by atoms with E-state index in [4.69, 9.17) is 0 Å². The van der Waals surface area contributed by atoms with Gasteiger partial charge in [-0.25, -0.2) is 12.7 Å². The van der Waals surface area contributed by atoms with Gasteiger partial charge in [0, 0.05) is 31.2 Å². The molecule has 2 aliphatic heterocycles. The van der Waals surface area contributed by atoms with Gasteiger partial charge in [0.25, 0.3) is 17.7 Å². The molecule has 1 aromatic rings. The molecular formula is C22H31N3O5S. The Balaban J connectivity index is 1.61. The van der Waals surface area contributed by atoms with Gasteiger partial charge in [-0.3, -0.25) is 19.3 Å². The first-order valence-corrected chi connectivity index (χ1v) is 12.5. The summed E-state index contributed by atoms with van der Waals surface area (Å²) in [6.07, 6.45) is 2.56. The molecule has 8 nitrogen and oxygen atoms in total. The summed E-state index contributed by atoms with van der Waals surface area (Å²) in [4.78, 5) is 39.0. The molecular weight excluding hydrogens is 418 g/mol. The molecule has 0 spiro atoms. The largest absolute Gasteiger partial charge is 0.349 e. The van der Waals surface area contributed by atoms with Crippen molar-refractivity contribution in [3.8, 4) is 0 Å². The third-order valence-corrected chi connectivity index (χ3v) is 7.68. The van der Waals surface area contributed by atoms with Crippen molar-refractivity contribution < 1.29 is 22.8 Å². The molecule has 0 bridgehead atoms. The van der Waals surface area contributed by atoms with E-state index in [0.29, 0.717) is 50.0 Å². The Bertz CT molecular complexity index is 965. The number of nitrogens with zero attached hydrogens (tertiary/aromatic N) is 2. The van der Waals surface area contributed by atoms with E-state index in [1.807, 2.05) is 20.8 Å². The highest BCUT2D eigenvalue weighted by Crippen LogP contribution is 2.25. The minimum Gasteiger partial charge on any atom is -0.349 e. The monoisotopic (exact) mass is 449 g/mol. The summed E-state index contributed by atoms with van der Waals surface area (Å²) in [5.74, 6) is -0.693. The van der Waals surface area contributed by atoms with Gasteiger partial charge in [0.2, 0.25) is 10.0 Å². The van der Waals surface area contributed by atoms with E-state index in [0.717, 1.165) is 6.42 Å². The van der Waals surface area contributed by atoms with Gasteiger partial charge < -0.3 is 5.32 Å². The van der Waals surface area contributed by atoms with Crippen LogP contribution in [0.4, 0.5) is 0 Å². The van der Waals surface area contributed by atoms with Crippen molar-refractivity contribution in [3.05, 3.63) is 34.9 Å². The summed E-state index contributed by atoms with van der Waals surface area (Å²) in [5, 5.41) is 2.94. The number of amides is 3. The maximum atomic E-state index is 12.7. The Morgan fingerprint density at radius 2 is 1.77 bits per heavy atom. The zero-order chi connectivity index (χ0) is 22.8. The molecule has 1 fully saturated rings. The second-order valence-electron chi connectivity index (χ2n) is 8.69. The van der Waals surface area contributed by atoms with E-state index in [9.17, 15) is 22.8 Å². The Hall–Kier alpha value is -2.26. The molecule has 2 aliphatic rings. The Morgan fingerprint density at radius 1 is 1.13 bits per heavy atom. The summed E-state index contributed by atoms with van der Waals surface area (Å²) in [7, 11) is -3.24. The standard InChI is InChI=1S/C22H31N3O5S/c1-4-5-12-31(29,30)24-10-8-17(9-11-24)23-20(26)16-6-7-18-19(13-16)22(28)25(21(18)27)14-15(2)3/h6-7,13,15,17H,4-5,8-12,14H2,1-3H3,(H,23,26). The van der Waals surface area contributed by atoms with Crippen LogP contribution >= 0.6 is 0 Å². The summed E-state index contributed by atoms with van der Waals surface area (Å²) < 4.78 is 26.2. The highest BCUT2D eigenvalue weighted by atomic mass is 32.2. The predicted octanol–water partition coefficient (Wildman–Crippen LogP) is 2.26. The van der Waals surface area contributed by atoms with Crippen LogP contribution in [0.3, 0.4) is 0 Å². The van der Waals surface area contributed by atoms with Crippen molar-refractivity contribution >= 4 is 27.7 Å². The molecule has 0 unspecified atom stereocenters. The molecule has 0 aromatic heterocycles. The molecule has 170 valence electrons. The number of carbonyl (C=O) groups excluding carboxylic acids is 3. The second-order valence-corrected chi connectivity index (χ2v) is 10.8. The molecule has 3 rings (SSSR count). The highest BCUT2D eigenvalue weighted by molar-refractivity contribution is 7.89. The van der Waals surface area contributed by atoms with Crippen molar-refractivity contribution in [1.29, 1.82) is 0 Å². The first-order chi connectivity index (χ1) is 14.6. The van der Waals surface area contributed by atoms with E-state index in [2.05, 4.69) is 5.32 Å². The average Bonchev–Trinajstić information content (AvgIpc) is 2.96. The molecule has 31 heavy (non-hydrogen) atoms. The van der Waals surface area contributed by atoms with E-state index >= 15 is 0 Å². The van der Waals surface area contributed by atoms with Crippen LogP contribution in [0.1, 0.15) is 77.5 Å². The van der Waals surface area contributed by atoms with Crippen LogP contribution < -0.4 is 5.32 Å². The highest BCUT2D eigenvalue weighted by Gasteiger charge is 2.36. The number of hydrogen-bond acceptors (Lipinski definition) is 5. The minimum atomic E-state index is -3.24. The van der Waals surface area contributed by atoms with Gasteiger partial charge >= 0.3 is 0 Å². The van der Waals surface area contributed by atoms with Crippen molar-refractivity contribution in [2.24, 2.45) is 5.92 Å². The van der Waals surface area contributed by atoms with Gasteiger partial charge in [-0.1, -0.05) is 27.2 Å². The fourth-order valence-electron chi connectivity index (χ4n) is 3.97. The van der Waals surface area contributed by atoms with Crippen LogP contribution in [-0.4, -0.2) is 66.8 Å². The maximum absolute atomic E-state index is 12.7. The maximum Gasteiger partial charge on any atom is 0.261 e. The number of unbranched alkanes of at least 4 members (excludes halogenated alkanes) is 1. The number of rotatable bonds is 8. The predicted molar refractivity (Wildman–Crippen MR) is 117 cm³/mol. The third-order valence-electron chi connectivity index (χ3n) is 5.72. The molecule has 1 aromatic carbocycles. The van der Waals surface area contributed by atoms with Gasteiger partial charge in [0.05, 0.1) is 16.9 Å². The average molecular weight is 450 g/mol. The van der Waals surface area contributed by atoms with Crippen molar-refractivity contribution in [1.82, 2.24) is 14.5 Å². The molecule has 2 heterocycles. The number of hydrogen-bond donors (Lipinski definition) is 1. The number of nitrogens with one attached hydrogen (secondary N) is 1. The molecule has 0 saturated carbocycles. The van der Waals surface area contributed by atoms with Gasteiger partial charge in [-0.2, -0.15) is 0 Å². The van der Waals surface area contributed by atoms with Crippen molar-refractivity contribution in [2.75, 3.05) is 25.4 Å². The fourth-order valence-corrected chi connectivity index (χ4v) is 5.64. The van der Waals surface area contributed by atoms with Crippen LogP contribution in [0, 0.1) is 5.92 Å². The number of imide groups is 1. The molecule has 0 atom stereocenters. The van der Waals surface area contributed by atoms with E-state index in [1.165, 1.54) is 21.3 Å². The molecule has 0 radical (unpaired) electrons. The number of carbonyl (C=O) groups is 3. The number of benzene rings is 1. The summed E-state index contributed by atoms with van der Waals surface area (Å²) in [5.41, 5.74) is 0.909. The van der Waals surface area contributed by atoms with Crippen LogP contribution in [-0.2, 0) is 10.0 Å². The number of sulfonamides is 1. The first kappa shape index (κ1) is 23.4. The lowest BCUT2D eigenvalue weighted by molar-refractivity contribution is 0.0636. The van der Waals surface area contributed by atoms with Crippen molar-refractivity contribution in [3.63, 3.8) is 0 Å². The fraction of sp³-hybridized carbons (Fsp3) is 0.591.